The van der Waals surface area contributed by atoms with E-state index in [0.717, 1.165) is 12.1 Å². The van der Waals surface area contributed by atoms with Crippen LogP contribution in [0.15, 0.2) is 42.5 Å². The predicted molar refractivity (Wildman–Crippen MR) is 67.7 cm³/mol. The molecule has 2 aromatic rings. The van der Waals surface area contributed by atoms with Gasteiger partial charge in [-0.2, -0.15) is 18.4 Å². The smallest absolute Gasteiger partial charge is 0.416 e. The van der Waals surface area contributed by atoms with Crippen molar-refractivity contribution in [3.8, 4) is 17.6 Å². The minimum atomic E-state index is -4.54. The molecule has 0 bridgehead atoms. The van der Waals surface area contributed by atoms with E-state index in [-0.39, 0.29) is 11.3 Å². The molecule has 0 saturated heterocycles. The van der Waals surface area contributed by atoms with E-state index in [1.54, 1.807) is 18.2 Å². The third-order valence-electron chi connectivity index (χ3n) is 2.41. The largest absolute Gasteiger partial charge is 0.457 e. The predicted octanol–water partition coefficient (Wildman–Crippen LogP) is 5.02. The molecule has 0 aliphatic heterocycles. The average molecular weight is 298 g/mol. The molecular formula is C14H7ClF3NO. The summed E-state index contributed by atoms with van der Waals surface area (Å²) in [5.74, 6) is 0.274. The van der Waals surface area contributed by atoms with Gasteiger partial charge in [-0.05, 0) is 42.5 Å². The number of nitrogens with zero attached hydrogens (tertiary/aromatic N) is 1. The van der Waals surface area contributed by atoms with E-state index >= 15 is 0 Å². The van der Waals surface area contributed by atoms with Crippen molar-refractivity contribution >= 4 is 11.6 Å². The van der Waals surface area contributed by atoms with Gasteiger partial charge in [0.05, 0.1) is 17.2 Å². The highest BCUT2D eigenvalue weighted by Gasteiger charge is 2.31. The Morgan fingerprint density at radius 2 is 1.65 bits per heavy atom. The lowest BCUT2D eigenvalue weighted by Gasteiger charge is -2.11. The maximum absolute atomic E-state index is 12.7. The van der Waals surface area contributed by atoms with Crippen molar-refractivity contribution in [3.63, 3.8) is 0 Å². The fraction of sp³-hybridized carbons (Fsp3) is 0.0714. The Balaban J connectivity index is 2.36. The van der Waals surface area contributed by atoms with E-state index in [4.69, 9.17) is 21.6 Å². The van der Waals surface area contributed by atoms with E-state index in [9.17, 15) is 13.2 Å². The summed E-state index contributed by atoms with van der Waals surface area (Å²) in [6.07, 6.45) is -4.54. The van der Waals surface area contributed by atoms with Crippen LogP contribution >= 0.6 is 11.6 Å². The summed E-state index contributed by atoms with van der Waals surface area (Å²) in [5.41, 5.74) is -1.05. The summed E-state index contributed by atoms with van der Waals surface area (Å²) in [4.78, 5) is 0. The van der Waals surface area contributed by atoms with Gasteiger partial charge < -0.3 is 4.74 Å². The Bertz CT molecular complexity index is 660. The normalized spacial score (nSPS) is 10.9. The van der Waals surface area contributed by atoms with Crippen LogP contribution in [0.5, 0.6) is 11.5 Å². The molecular weight excluding hydrogens is 291 g/mol. The molecule has 2 aromatic carbocycles. The van der Waals surface area contributed by atoms with Crippen LogP contribution in [0.1, 0.15) is 11.1 Å². The highest BCUT2D eigenvalue weighted by molar-refractivity contribution is 6.30. The molecule has 2 nitrogen and oxygen atoms in total. The van der Waals surface area contributed by atoms with E-state index < -0.39 is 11.7 Å². The van der Waals surface area contributed by atoms with Crippen LogP contribution in [0, 0.1) is 11.3 Å². The van der Waals surface area contributed by atoms with Crippen molar-refractivity contribution in [2.24, 2.45) is 0 Å². The average Bonchev–Trinajstić information content (AvgIpc) is 2.40. The molecule has 102 valence electrons. The van der Waals surface area contributed by atoms with E-state index in [1.807, 2.05) is 0 Å². The maximum Gasteiger partial charge on any atom is 0.416 e. The zero-order valence-electron chi connectivity index (χ0n) is 9.91. The van der Waals surface area contributed by atoms with Crippen LogP contribution in [-0.4, -0.2) is 0 Å². The summed E-state index contributed by atoms with van der Waals surface area (Å²) >= 11 is 5.70. The van der Waals surface area contributed by atoms with Gasteiger partial charge >= 0.3 is 6.18 Å². The first-order chi connectivity index (χ1) is 9.38. The number of rotatable bonds is 2. The molecule has 0 radical (unpaired) electrons. The van der Waals surface area contributed by atoms with Crippen LogP contribution in [-0.2, 0) is 6.18 Å². The number of hydrogen-bond donors (Lipinski definition) is 0. The second kappa shape index (κ2) is 5.43. The van der Waals surface area contributed by atoms with Crippen LogP contribution < -0.4 is 4.74 Å². The van der Waals surface area contributed by atoms with Crippen molar-refractivity contribution < 1.29 is 17.9 Å². The Morgan fingerprint density at radius 1 is 1.00 bits per heavy atom. The van der Waals surface area contributed by atoms with Crippen molar-refractivity contribution in [2.45, 2.75) is 6.18 Å². The number of hydrogen-bond acceptors (Lipinski definition) is 2. The standard InChI is InChI=1S/C14H7ClF3NO/c15-11-1-3-12(4-2-11)20-13-6-9(8-19)5-10(7-13)14(16,17)18/h1-7H. The van der Waals surface area contributed by atoms with Gasteiger partial charge in [0.1, 0.15) is 11.5 Å². The summed E-state index contributed by atoms with van der Waals surface area (Å²) in [6, 6.07) is 10.7. The van der Waals surface area contributed by atoms with Crippen LogP contribution in [0.2, 0.25) is 5.02 Å². The van der Waals surface area contributed by atoms with Gasteiger partial charge in [-0.3, -0.25) is 0 Å². The maximum atomic E-state index is 12.7. The SMILES string of the molecule is N#Cc1cc(Oc2ccc(Cl)cc2)cc(C(F)(F)F)c1. The second-order valence-electron chi connectivity index (χ2n) is 3.91. The van der Waals surface area contributed by atoms with Gasteiger partial charge in [-0.1, -0.05) is 11.6 Å². The van der Waals surface area contributed by atoms with Gasteiger partial charge in [0.15, 0.2) is 0 Å². The molecule has 2 rings (SSSR count). The van der Waals surface area contributed by atoms with Crippen molar-refractivity contribution in [3.05, 3.63) is 58.6 Å². The Labute approximate surface area is 118 Å². The van der Waals surface area contributed by atoms with E-state index in [1.165, 1.54) is 18.2 Å². The molecule has 0 atom stereocenters. The Kier molecular flexibility index (Phi) is 3.86. The molecule has 20 heavy (non-hydrogen) atoms. The van der Waals surface area contributed by atoms with Gasteiger partial charge in [0.2, 0.25) is 0 Å². The van der Waals surface area contributed by atoms with Gasteiger partial charge in [-0.15, -0.1) is 0 Å². The third kappa shape index (κ3) is 3.43. The third-order valence-corrected chi connectivity index (χ3v) is 2.66. The number of ether oxygens (including phenoxy) is 1. The minimum Gasteiger partial charge on any atom is -0.457 e. The monoisotopic (exact) mass is 297 g/mol. The quantitative estimate of drug-likeness (QED) is 0.779. The molecule has 0 heterocycles. The fourth-order valence-electron chi connectivity index (χ4n) is 1.52. The molecule has 0 unspecified atom stereocenters. The molecule has 0 aromatic heterocycles. The van der Waals surface area contributed by atoms with Crippen molar-refractivity contribution in [1.82, 2.24) is 0 Å². The Hall–Kier alpha value is -2.19. The summed E-state index contributed by atoms with van der Waals surface area (Å²) in [5, 5.41) is 9.25. The zero-order valence-corrected chi connectivity index (χ0v) is 10.7. The molecule has 0 fully saturated rings. The molecule has 0 N–H and O–H groups in total. The van der Waals surface area contributed by atoms with Gasteiger partial charge in [0, 0.05) is 5.02 Å². The second-order valence-corrected chi connectivity index (χ2v) is 4.35. The van der Waals surface area contributed by atoms with Crippen LogP contribution in [0.25, 0.3) is 0 Å². The number of alkyl halides is 3. The van der Waals surface area contributed by atoms with Crippen molar-refractivity contribution in [1.29, 1.82) is 5.26 Å². The highest BCUT2D eigenvalue weighted by Crippen LogP contribution is 2.34. The summed E-state index contributed by atoms with van der Waals surface area (Å²) in [6.45, 7) is 0. The van der Waals surface area contributed by atoms with E-state index in [2.05, 4.69) is 0 Å². The number of halogens is 4. The first-order valence-electron chi connectivity index (χ1n) is 5.44. The molecule has 0 spiro atoms. The molecule has 6 heteroatoms. The first-order valence-corrected chi connectivity index (χ1v) is 5.82. The van der Waals surface area contributed by atoms with Crippen LogP contribution in [0.3, 0.4) is 0 Å². The lowest BCUT2D eigenvalue weighted by molar-refractivity contribution is -0.137. The van der Waals surface area contributed by atoms with Gasteiger partial charge in [0.25, 0.3) is 0 Å². The van der Waals surface area contributed by atoms with E-state index in [0.29, 0.717) is 10.8 Å². The summed E-state index contributed by atoms with van der Waals surface area (Å²) in [7, 11) is 0. The first kappa shape index (κ1) is 14.2. The molecule has 0 aliphatic carbocycles. The lowest BCUT2D eigenvalue weighted by Crippen LogP contribution is -2.05. The lowest BCUT2D eigenvalue weighted by atomic mass is 10.1. The van der Waals surface area contributed by atoms with Crippen molar-refractivity contribution in [2.75, 3.05) is 0 Å². The number of benzene rings is 2. The minimum absolute atomic E-state index is 0.0568. The highest BCUT2D eigenvalue weighted by atomic mass is 35.5. The molecule has 0 amide bonds. The Morgan fingerprint density at radius 3 is 2.20 bits per heavy atom. The zero-order chi connectivity index (χ0) is 14.8. The fourth-order valence-corrected chi connectivity index (χ4v) is 1.65. The summed E-state index contributed by atoms with van der Waals surface area (Å²) < 4.78 is 43.4. The molecule has 0 aliphatic rings. The topological polar surface area (TPSA) is 33.0 Å². The van der Waals surface area contributed by atoms with Gasteiger partial charge in [-0.25, -0.2) is 0 Å². The number of nitriles is 1. The van der Waals surface area contributed by atoms with Crippen LogP contribution in [0.4, 0.5) is 13.2 Å². The molecule has 0 saturated carbocycles.